The van der Waals surface area contributed by atoms with E-state index in [2.05, 4.69) is 19.1 Å². The Hall–Kier alpha value is -1.71. The van der Waals surface area contributed by atoms with Crippen molar-refractivity contribution >= 4 is 6.09 Å². The number of aryl methyl sites for hydroxylation is 1. The van der Waals surface area contributed by atoms with Crippen LogP contribution in [0.3, 0.4) is 0 Å². The van der Waals surface area contributed by atoms with Gasteiger partial charge in [-0.25, -0.2) is 4.79 Å². The summed E-state index contributed by atoms with van der Waals surface area (Å²) in [6, 6.07) is 8.11. The van der Waals surface area contributed by atoms with Gasteiger partial charge in [-0.05, 0) is 44.7 Å². The number of hydrogen-bond donors (Lipinski definition) is 0. The Morgan fingerprint density at radius 3 is 2.50 bits per heavy atom. The fourth-order valence-electron chi connectivity index (χ4n) is 2.35. The molecule has 0 bridgehead atoms. The molecule has 0 spiro atoms. The minimum Gasteiger partial charge on any atom is -0.493 e. The summed E-state index contributed by atoms with van der Waals surface area (Å²) in [6.45, 7) is 6.59. The summed E-state index contributed by atoms with van der Waals surface area (Å²) in [5.41, 5.74) is 1.24. The number of piperidine rings is 1. The summed E-state index contributed by atoms with van der Waals surface area (Å²) in [4.78, 5) is 13.4. The monoisotopic (exact) mass is 277 g/mol. The van der Waals surface area contributed by atoms with Crippen molar-refractivity contribution < 1.29 is 14.3 Å². The lowest BCUT2D eigenvalue weighted by Gasteiger charge is -2.31. The van der Waals surface area contributed by atoms with Crippen LogP contribution in [0.25, 0.3) is 0 Å². The molecule has 0 radical (unpaired) electrons. The van der Waals surface area contributed by atoms with Crippen LogP contribution >= 0.6 is 0 Å². The molecule has 110 valence electrons. The van der Waals surface area contributed by atoms with Gasteiger partial charge in [0.15, 0.2) is 0 Å². The molecule has 4 heteroatoms. The van der Waals surface area contributed by atoms with E-state index in [0.717, 1.165) is 38.3 Å². The molecule has 1 heterocycles. The number of amides is 1. The maximum absolute atomic E-state index is 11.6. The van der Waals surface area contributed by atoms with Crippen molar-refractivity contribution in [3.05, 3.63) is 29.8 Å². The summed E-state index contributed by atoms with van der Waals surface area (Å²) >= 11 is 0. The second kappa shape index (κ2) is 7.17. The van der Waals surface area contributed by atoms with Crippen LogP contribution in [0.1, 0.15) is 25.3 Å². The third-order valence-electron chi connectivity index (χ3n) is 3.65. The van der Waals surface area contributed by atoms with Crippen molar-refractivity contribution in [3.63, 3.8) is 0 Å². The predicted molar refractivity (Wildman–Crippen MR) is 78.0 cm³/mol. The number of benzene rings is 1. The van der Waals surface area contributed by atoms with Crippen molar-refractivity contribution in [2.75, 3.05) is 26.3 Å². The first-order chi connectivity index (χ1) is 9.69. The van der Waals surface area contributed by atoms with Gasteiger partial charge in [0, 0.05) is 13.1 Å². The number of ether oxygens (including phenoxy) is 2. The van der Waals surface area contributed by atoms with E-state index in [0.29, 0.717) is 12.5 Å². The van der Waals surface area contributed by atoms with Crippen LogP contribution in [0.4, 0.5) is 4.79 Å². The number of carbonyl (C=O) groups excluding carboxylic acids is 1. The van der Waals surface area contributed by atoms with Crippen LogP contribution in [-0.4, -0.2) is 37.3 Å². The van der Waals surface area contributed by atoms with E-state index in [4.69, 9.17) is 9.47 Å². The van der Waals surface area contributed by atoms with E-state index in [9.17, 15) is 4.79 Å². The van der Waals surface area contributed by atoms with Crippen LogP contribution in [0.15, 0.2) is 24.3 Å². The van der Waals surface area contributed by atoms with Crippen LogP contribution in [0.5, 0.6) is 5.75 Å². The normalized spacial score (nSPS) is 16.0. The van der Waals surface area contributed by atoms with Gasteiger partial charge in [0.25, 0.3) is 0 Å². The maximum Gasteiger partial charge on any atom is 0.409 e. The molecule has 20 heavy (non-hydrogen) atoms. The van der Waals surface area contributed by atoms with E-state index in [1.807, 2.05) is 19.1 Å². The average molecular weight is 277 g/mol. The van der Waals surface area contributed by atoms with Crippen LogP contribution in [0.2, 0.25) is 0 Å². The minimum absolute atomic E-state index is 0.189. The van der Waals surface area contributed by atoms with E-state index in [1.54, 1.807) is 4.90 Å². The van der Waals surface area contributed by atoms with Crippen molar-refractivity contribution in [2.45, 2.75) is 26.7 Å². The maximum atomic E-state index is 11.6. The molecule has 0 aromatic heterocycles. The fraction of sp³-hybridized carbons (Fsp3) is 0.562. The third kappa shape index (κ3) is 4.15. The molecule has 1 saturated heterocycles. The van der Waals surface area contributed by atoms with Gasteiger partial charge in [0.05, 0.1) is 13.2 Å². The Bertz CT molecular complexity index is 422. The average Bonchev–Trinajstić information content (AvgIpc) is 2.47. The minimum atomic E-state index is -0.189. The van der Waals surface area contributed by atoms with Gasteiger partial charge >= 0.3 is 6.09 Å². The highest BCUT2D eigenvalue weighted by atomic mass is 16.6. The van der Waals surface area contributed by atoms with Crippen molar-refractivity contribution in [1.29, 1.82) is 0 Å². The first-order valence-corrected chi connectivity index (χ1v) is 7.30. The molecule has 4 nitrogen and oxygen atoms in total. The lowest BCUT2D eigenvalue weighted by Crippen LogP contribution is -2.40. The van der Waals surface area contributed by atoms with Gasteiger partial charge in [-0.1, -0.05) is 17.7 Å². The van der Waals surface area contributed by atoms with Crippen LogP contribution in [0, 0.1) is 12.8 Å². The molecule has 0 N–H and O–H groups in total. The number of nitrogens with zero attached hydrogens (tertiary/aromatic N) is 1. The van der Waals surface area contributed by atoms with Gasteiger partial charge in [0.2, 0.25) is 0 Å². The largest absolute Gasteiger partial charge is 0.493 e. The van der Waals surface area contributed by atoms with E-state index in [-0.39, 0.29) is 6.09 Å². The summed E-state index contributed by atoms with van der Waals surface area (Å²) in [5, 5.41) is 0. The SMILES string of the molecule is CCOC(=O)N1CCC(COc2ccc(C)cc2)CC1. The van der Waals surface area contributed by atoms with Crippen LogP contribution in [-0.2, 0) is 4.74 Å². The molecule has 0 atom stereocenters. The van der Waals surface area contributed by atoms with E-state index >= 15 is 0 Å². The highest BCUT2D eigenvalue weighted by molar-refractivity contribution is 5.67. The topological polar surface area (TPSA) is 38.8 Å². The van der Waals surface area contributed by atoms with Gasteiger partial charge < -0.3 is 14.4 Å². The van der Waals surface area contributed by atoms with Crippen molar-refractivity contribution in [2.24, 2.45) is 5.92 Å². The summed E-state index contributed by atoms with van der Waals surface area (Å²) in [6.07, 6.45) is 1.76. The molecule has 1 amide bonds. The van der Waals surface area contributed by atoms with E-state index < -0.39 is 0 Å². The van der Waals surface area contributed by atoms with Gasteiger partial charge in [-0.15, -0.1) is 0 Å². The third-order valence-corrected chi connectivity index (χ3v) is 3.65. The molecule has 0 aliphatic carbocycles. The smallest absolute Gasteiger partial charge is 0.409 e. The number of likely N-dealkylation sites (tertiary alicyclic amines) is 1. The Morgan fingerprint density at radius 2 is 1.90 bits per heavy atom. The molecule has 0 saturated carbocycles. The second-order valence-electron chi connectivity index (χ2n) is 5.25. The lowest BCUT2D eigenvalue weighted by atomic mass is 9.98. The molecular formula is C16H23NO3. The zero-order valence-corrected chi connectivity index (χ0v) is 12.3. The molecular weight excluding hydrogens is 254 g/mol. The summed E-state index contributed by atoms with van der Waals surface area (Å²) in [5.74, 6) is 1.44. The standard InChI is InChI=1S/C16H23NO3/c1-3-19-16(18)17-10-8-14(9-11-17)12-20-15-6-4-13(2)5-7-15/h4-7,14H,3,8-12H2,1-2H3. The highest BCUT2D eigenvalue weighted by Crippen LogP contribution is 2.20. The van der Waals surface area contributed by atoms with Gasteiger partial charge in [-0.2, -0.15) is 0 Å². The quantitative estimate of drug-likeness (QED) is 0.848. The molecule has 2 rings (SSSR count). The van der Waals surface area contributed by atoms with Crippen molar-refractivity contribution in [1.82, 2.24) is 4.90 Å². The zero-order valence-electron chi connectivity index (χ0n) is 12.3. The number of carbonyl (C=O) groups is 1. The van der Waals surface area contributed by atoms with Crippen molar-refractivity contribution in [3.8, 4) is 5.75 Å². The molecule has 1 aliphatic heterocycles. The Morgan fingerprint density at radius 1 is 1.25 bits per heavy atom. The summed E-state index contributed by atoms with van der Waals surface area (Å²) < 4.78 is 10.8. The molecule has 1 aliphatic rings. The first-order valence-electron chi connectivity index (χ1n) is 7.30. The molecule has 0 unspecified atom stereocenters. The Kier molecular flexibility index (Phi) is 5.27. The Balaban J connectivity index is 1.72. The fourth-order valence-corrected chi connectivity index (χ4v) is 2.35. The van der Waals surface area contributed by atoms with Crippen LogP contribution < -0.4 is 4.74 Å². The number of rotatable bonds is 4. The lowest BCUT2D eigenvalue weighted by molar-refractivity contribution is 0.0845. The van der Waals surface area contributed by atoms with E-state index in [1.165, 1.54) is 5.56 Å². The Labute approximate surface area is 120 Å². The highest BCUT2D eigenvalue weighted by Gasteiger charge is 2.23. The number of hydrogen-bond acceptors (Lipinski definition) is 3. The van der Waals surface area contributed by atoms with Gasteiger partial charge in [0.1, 0.15) is 5.75 Å². The first kappa shape index (κ1) is 14.7. The zero-order chi connectivity index (χ0) is 14.4. The summed E-state index contributed by atoms with van der Waals surface area (Å²) in [7, 11) is 0. The van der Waals surface area contributed by atoms with Gasteiger partial charge in [-0.3, -0.25) is 0 Å². The molecule has 1 aromatic rings. The predicted octanol–water partition coefficient (Wildman–Crippen LogP) is 3.24. The second-order valence-corrected chi connectivity index (χ2v) is 5.25. The molecule has 1 fully saturated rings. The molecule has 1 aromatic carbocycles.